The molecule has 3 unspecified atom stereocenters. The molecular formula is C12H24N2O2. The molecule has 3 atom stereocenters. The van der Waals surface area contributed by atoms with Crippen LogP contribution in [0.4, 0.5) is 0 Å². The lowest BCUT2D eigenvalue weighted by Gasteiger charge is -2.43. The first-order valence-electron chi connectivity index (χ1n) is 6.29. The van der Waals surface area contributed by atoms with Crippen molar-refractivity contribution in [3.8, 4) is 0 Å². The van der Waals surface area contributed by atoms with Crippen LogP contribution in [0.15, 0.2) is 0 Å². The van der Waals surface area contributed by atoms with Crippen LogP contribution in [-0.4, -0.2) is 47.2 Å². The molecule has 1 aliphatic rings. The Hall–Kier alpha value is -0.610. The summed E-state index contributed by atoms with van der Waals surface area (Å²) in [4.78, 5) is 13.1. The van der Waals surface area contributed by atoms with E-state index in [9.17, 15) is 4.79 Å². The van der Waals surface area contributed by atoms with Gasteiger partial charge in [-0.15, -0.1) is 0 Å². The van der Waals surface area contributed by atoms with Crippen molar-refractivity contribution >= 4 is 5.97 Å². The fraction of sp³-hybridized carbons (Fsp3) is 0.917. The SMILES string of the molecule is CCC1CN(C(C)CC(=O)O)C(CC)CN1. The van der Waals surface area contributed by atoms with Crippen molar-refractivity contribution in [3.05, 3.63) is 0 Å². The van der Waals surface area contributed by atoms with Crippen molar-refractivity contribution in [2.24, 2.45) is 0 Å². The molecule has 0 bridgehead atoms. The lowest BCUT2D eigenvalue weighted by atomic mass is 10.0. The highest BCUT2D eigenvalue weighted by Crippen LogP contribution is 2.17. The minimum atomic E-state index is -0.700. The van der Waals surface area contributed by atoms with Crippen LogP contribution in [0.5, 0.6) is 0 Å². The van der Waals surface area contributed by atoms with Gasteiger partial charge in [0.25, 0.3) is 0 Å². The fourth-order valence-electron chi connectivity index (χ4n) is 2.45. The molecule has 1 heterocycles. The van der Waals surface area contributed by atoms with Gasteiger partial charge in [-0.25, -0.2) is 0 Å². The minimum Gasteiger partial charge on any atom is -0.481 e. The molecular weight excluding hydrogens is 204 g/mol. The molecule has 0 aromatic rings. The number of carboxylic acids is 1. The molecule has 0 amide bonds. The molecule has 0 aromatic heterocycles. The third-order valence-corrected chi connectivity index (χ3v) is 3.54. The van der Waals surface area contributed by atoms with E-state index in [-0.39, 0.29) is 12.5 Å². The second-order valence-corrected chi connectivity index (χ2v) is 4.72. The predicted molar refractivity (Wildman–Crippen MR) is 64.6 cm³/mol. The molecule has 1 aliphatic heterocycles. The van der Waals surface area contributed by atoms with Gasteiger partial charge in [-0.3, -0.25) is 9.69 Å². The van der Waals surface area contributed by atoms with Crippen LogP contribution < -0.4 is 5.32 Å². The first kappa shape index (κ1) is 13.5. The summed E-state index contributed by atoms with van der Waals surface area (Å²) in [6.45, 7) is 8.32. The van der Waals surface area contributed by atoms with Crippen LogP contribution in [0.25, 0.3) is 0 Å². The van der Waals surface area contributed by atoms with E-state index in [0.717, 1.165) is 25.9 Å². The summed E-state index contributed by atoms with van der Waals surface area (Å²) in [5, 5.41) is 12.4. The van der Waals surface area contributed by atoms with Gasteiger partial charge < -0.3 is 10.4 Å². The Bertz CT molecular complexity index is 233. The van der Waals surface area contributed by atoms with Gasteiger partial charge in [0.15, 0.2) is 0 Å². The van der Waals surface area contributed by atoms with E-state index in [2.05, 4.69) is 24.1 Å². The van der Waals surface area contributed by atoms with E-state index in [1.807, 2.05) is 6.92 Å². The summed E-state index contributed by atoms with van der Waals surface area (Å²) in [5.74, 6) is -0.700. The van der Waals surface area contributed by atoms with Crippen molar-refractivity contribution in [1.29, 1.82) is 0 Å². The summed E-state index contributed by atoms with van der Waals surface area (Å²) in [5.41, 5.74) is 0. The van der Waals surface area contributed by atoms with Crippen molar-refractivity contribution in [3.63, 3.8) is 0 Å². The fourth-order valence-corrected chi connectivity index (χ4v) is 2.45. The number of hydrogen-bond acceptors (Lipinski definition) is 3. The molecule has 2 N–H and O–H groups in total. The van der Waals surface area contributed by atoms with Gasteiger partial charge in [-0.2, -0.15) is 0 Å². The largest absolute Gasteiger partial charge is 0.481 e. The number of nitrogens with one attached hydrogen (secondary N) is 1. The van der Waals surface area contributed by atoms with Crippen molar-refractivity contribution in [2.75, 3.05) is 13.1 Å². The Morgan fingerprint density at radius 3 is 2.69 bits per heavy atom. The molecule has 94 valence electrons. The lowest BCUT2D eigenvalue weighted by molar-refractivity contribution is -0.138. The lowest BCUT2D eigenvalue weighted by Crippen LogP contribution is -2.58. The number of aliphatic carboxylic acids is 1. The number of carboxylic acid groups (broad SMARTS) is 1. The first-order valence-corrected chi connectivity index (χ1v) is 6.29. The van der Waals surface area contributed by atoms with Crippen LogP contribution in [0, 0.1) is 0 Å². The molecule has 0 spiro atoms. The number of hydrogen-bond donors (Lipinski definition) is 2. The molecule has 4 heteroatoms. The zero-order chi connectivity index (χ0) is 12.1. The topological polar surface area (TPSA) is 52.6 Å². The van der Waals surface area contributed by atoms with E-state index in [1.165, 1.54) is 0 Å². The Morgan fingerprint density at radius 1 is 1.50 bits per heavy atom. The maximum absolute atomic E-state index is 10.8. The van der Waals surface area contributed by atoms with E-state index in [1.54, 1.807) is 0 Å². The van der Waals surface area contributed by atoms with Crippen LogP contribution >= 0.6 is 0 Å². The number of rotatable bonds is 5. The van der Waals surface area contributed by atoms with Crippen molar-refractivity contribution in [2.45, 2.75) is 58.2 Å². The zero-order valence-corrected chi connectivity index (χ0v) is 10.6. The van der Waals surface area contributed by atoms with Gasteiger partial charge in [-0.05, 0) is 19.8 Å². The van der Waals surface area contributed by atoms with Gasteiger partial charge in [0.1, 0.15) is 0 Å². The van der Waals surface area contributed by atoms with Crippen LogP contribution in [0.1, 0.15) is 40.0 Å². The average Bonchev–Trinajstić information content (AvgIpc) is 2.27. The second-order valence-electron chi connectivity index (χ2n) is 4.72. The van der Waals surface area contributed by atoms with E-state index in [4.69, 9.17) is 5.11 Å². The van der Waals surface area contributed by atoms with Gasteiger partial charge in [0.2, 0.25) is 0 Å². The number of nitrogens with zero attached hydrogens (tertiary/aromatic N) is 1. The highest BCUT2D eigenvalue weighted by Gasteiger charge is 2.29. The van der Waals surface area contributed by atoms with Crippen LogP contribution in [0.2, 0.25) is 0 Å². The maximum atomic E-state index is 10.8. The predicted octanol–water partition coefficient (Wildman–Crippen LogP) is 1.31. The third kappa shape index (κ3) is 3.46. The minimum absolute atomic E-state index is 0.138. The van der Waals surface area contributed by atoms with E-state index in [0.29, 0.717) is 12.1 Å². The highest BCUT2D eigenvalue weighted by atomic mass is 16.4. The average molecular weight is 228 g/mol. The summed E-state index contributed by atoms with van der Waals surface area (Å²) in [7, 11) is 0. The monoisotopic (exact) mass is 228 g/mol. The molecule has 1 fully saturated rings. The van der Waals surface area contributed by atoms with Gasteiger partial charge in [0, 0.05) is 31.2 Å². The summed E-state index contributed by atoms with van der Waals surface area (Å²) in [6.07, 6.45) is 2.42. The molecule has 1 saturated heterocycles. The molecule has 4 nitrogen and oxygen atoms in total. The van der Waals surface area contributed by atoms with Crippen molar-refractivity contribution in [1.82, 2.24) is 10.2 Å². The van der Waals surface area contributed by atoms with E-state index >= 15 is 0 Å². The first-order chi connectivity index (χ1) is 7.58. The Kier molecular flexibility index (Phi) is 5.22. The van der Waals surface area contributed by atoms with E-state index < -0.39 is 5.97 Å². The van der Waals surface area contributed by atoms with Crippen LogP contribution in [0.3, 0.4) is 0 Å². The zero-order valence-electron chi connectivity index (χ0n) is 10.6. The molecule has 0 aromatic carbocycles. The molecule has 0 saturated carbocycles. The maximum Gasteiger partial charge on any atom is 0.304 e. The Balaban J connectivity index is 2.59. The summed E-state index contributed by atoms with van der Waals surface area (Å²) < 4.78 is 0. The smallest absolute Gasteiger partial charge is 0.304 e. The van der Waals surface area contributed by atoms with Crippen LogP contribution in [-0.2, 0) is 4.79 Å². The molecule has 0 radical (unpaired) electrons. The van der Waals surface area contributed by atoms with Gasteiger partial charge in [0.05, 0.1) is 6.42 Å². The number of piperazine rings is 1. The number of carbonyl (C=O) groups is 1. The quantitative estimate of drug-likeness (QED) is 0.745. The third-order valence-electron chi connectivity index (χ3n) is 3.54. The van der Waals surface area contributed by atoms with Crippen molar-refractivity contribution < 1.29 is 9.90 Å². The Labute approximate surface area is 98.0 Å². The standard InChI is InChI=1S/C12H24N2O2/c1-4-10-8-14(9(3)6-12(15)16)11(5-2)7-13-10/h9-11,13H,4-8H2,1-3H3,(H,15,16). The van der Waals surface area contributed by atoms with Gasteiger partial charge >= 0.3 is 5.97 Å². The molecule has 1 rings (SSSR count). The summed E-state index contributed by atoms with van der Waals surface area (Å²) in [6, 6.07) is 1.13. The normalized spacial score (nSPS) is 28.9. The summed E-state index contributed by atoms with van der Waals surface area (Å²) >= 11 is 0. The highest BCUT2D eigenvalue weighted by molar-refractivity contribution is 5.67. The van der Waals surface area contributed by atoms with Gasteiger partial charge in [-0.1, -0.05) is 13.8 Å². The molecule has 0 aliphatic carbocycles. The second kappa shape index (κ2) is 6.21. The molecule has 16 heavy (non-hydrogen) atoms. The Morgan fingerprint density at radius 2 is 2.19 bits per heavy atom.